The highest BCUT2D eigenvalue weighted by molar-refractivity contribution is 5.39. The zero-order valence-electron chi connectivity index (χ0n) is 9.86. The van der Waals surface area contributed by atoms with Crippen LogP contribution in [0.3, 0.4) is 0 Å². The molecule has 0 aromatic rings. The average molecular weight is 217 g/mol. The van der Waals surface area contributed by atoms with Gasteiger partial charge >= 0.3 is 0 Å². The molecule has 0 aliphatic heterocycles. The topological polar surface area (TPSA) is 29.4 Å². The Morgan fingerprint density at radius 1 is 1.44 bits per heavy atom. The second kappa shape index (κ2) is 7.80. The van der Waals surface area contributed by atoms with Crippen molar-refractivity contribution < 1.29 is 0 Å². The minimum atomic E-state index is 0.251. The molecule has 2 nitrogen and oxygen atoms in total. The first-order valence-corrected chi connectivity index (χ1v) is 5.89. The summed E-state index contributed by atoms with van der Waals surface area (Å²) >= 11 is 0. The summed E-state index contributed by atoms with van der Waals surface area (Å²) < 4.78 is 0. The Hall–Kier alpha value is -1.44. The number of rotatable bonds is 6. The molecule has 0 unspecified atom stereocenters. The molecule has 1 aliphatic carbocycles. The van der Waals surface area contributed by atoms with E-state index < -0.39 is 0 Å². The molecule has 0 aromatic carbocycles. The summed E-state index contributed by atoms with van der Waals surface area (Å²) in [7, 11) is 0. The molecule has 1 rings (SSSR count). The van der Waals surface area contributed by atoms with Crippen LogP contribution in [-0.4, -0.2) is 6.54 Å². The highest BCUT2D eigenvalue weighted by atomic mass is 16.3. The fourth-order valence-corrected chi connectivity index (χ4v) is 1.82. The zero-order valence-corrected chi connectivity index (χ0v) is 9.86. The Labute approximate surface area is 97.4 Å². The molecule has 0 bridgehead atoms. The molecule has 0 heterocycles. The Kier molecular flexibility index (Phi) is 6.16. The Morgan fingerprint density at radius 2 is 2.31 bits per heavy atom. The van der Waals surface area contributed by atoms with Crippen molar-refractivity contribution in [2.75, 3.05) is 6.54 Å². The molecule has 16 heavy (non-hydrogen) atoms. The SMILES string of the molecule is CCCC1=C(/C=C/C=C/CN=O)C=CCC1. The summed E-state index contributed by atoms with van der Waals surface area (Å²) in [5.41, 5.74) is 2.87. The van der Waals surface area contributed by atoms with Crippen LogP contribution in [0.2, 0.25) is 0 Å². The molecule has 0 saturated carbocycles. The lowest BCUT2D eigenvalue weighted by Gasteiger charge is -2.12. The van der Waals surface area contributed by atoms with Gasteiger partial charge in [0.2, 0.25) is 0 Å². The first kappa shape index (κ1) is 12.6. The van der Waals surface area contributed by atoms with Gasteiger partial charge in [0, 0.05) is 0 Å². The maximum atomic E-state index is 9.86. The number of allylic oxidation sites excluding steroid dienone is 7. The predicted molar refractivity (Wildman–Crippen MR) is 69.3 cm³/mol. The zero-order chi connectivity index (χ0) is 11.6. The molecular formula is C14H19NO. The first-order valence-electron chi connectivity index (χ1n) is 5.89. The summed E-state index contributed by atoms with van der Waals surface area (Å²) in [5, 5.41) is 2.77. The number of nitrogens with zero attached hydrogens (tertiary/aromatic N) is 1. The monoisotopic (exact) mass is 217 g/mol. The third-order valence-electron chi connectivity index (χ3n) is 2.57. The molecule has 0 N–H and O–H groups in total. The highest BCUT2D eigenvalue weighted by Gasteiger charge is 2.04. The molecule has 0 radical (unpaired) electrons. The molecule has 0 aromatic heterocycles. The van der Waals surface area contributed by atoms with Gasteiger partial charge in [-0.05, 0) is 24.8 Å². The van der Waals surface area contributed by atoms with Crippen LogP contribution in [0.1, 0.15) is 32.6 Å². The smallest absolute Gasteiger partial charge is 0.0995 e. The van der Waals surface area contributed by atoms with Gasteiger partial charge in [-0.1, -0.05) is 60.6 Å². The van der Waals surface area contributed by atoms with E-state index >= 15 is 0 Å². The fourth-order valence-electron chi connectivity index (χ4n) is 1.82. The summed E-state index contributed by atoms with van der Waals surface area (Å²) in [6.07, 6.45) is 16.9. The van der Waals surface area contributed by atoms with Crippen LogP contribution < -0.4 is 0 Å². The molecule has 0 atom stereocenters. The third kappa shape index (κ3) is 4.39. The number of hydrogen-bond donors (Lipinski definition) is 0. The van der Waals surface area contributed by atoms with Crippen LogP contribution in [0, 0.1) is 4.91 Å². The Balaban J connectivity index is 2.61. The Morgan fingerprint density at radius 3 is 3.06 bits per heavy atom. The standard InChI is InChI=1S/C14H19NO/c1-2-8-13-10-5-6-11-14(13)9-4-3-7-12-15-16/h3-4,6-7,9,11H,2,5,8,10,12H2,1H3/b7-3+,9-4+. The van der Waals surface area contributed by atoms with Gasteiger partial charge in [-0.2, -0.15) is 4.91 Å². The van der Waals surface area contributed by atoms with Crippen molar-refractivity contribution in [2.45, 2.75) is 32.6 Å². The normalized spacial score (nSPS) is 16.6. The largest absolute Gasteiger partial charge is 0.150 e. The molecule has 2 heteroatoms. The van der Waals surface area contributed by atoms with Crippen molar-refractivity contribution in [2.24, 2.45) is 5.18 Å². The minimum Gasteiger partial charge on any atom is -0.150 e. The lowest BCUT2D eigenvalue weighted by molar-refractivity contribution is 0.813. The van der Waals surface area contributed by atoms with E-state index in [1.54, 1.807) is 11.6 Å². The predicted octanol–water partition coefficient (Wildman–Crippen LogP) is 4.31. The van der Waals surface area contributed by atoms with Gasteiger partial charge in [-0.15, -0.1) is 0 Å². The molecular weight excluding hydrogens is 198 g/mol. The maximum Gasteiger partial charge on any atom is 0.0995 e. The van der Waals surface area contributed by atoms with Gasteiger partial charge in [0.05, 0.1) is 6.54 Å². The van der Waals surface area contributed by atoms with E-state index in [0.717, 1.165) is 6.42 Å². The average Bonchev–Trinajstić information content (AvgIpc) is 2.31. The van der Waals surface area contributed by atoms with E-state index in [0.29, 0.717) is 0 Å². The molecule has 86 valence electrons. The van der Waals surface area contributed by atoms with Crippen LogP contribution in [0.5, 0.6) is 0 Å². The van der Waals surface area contributed by atoms with E-state index in [1.165, 1.54) is 24.8 Å². The minimum absolute atomic E-state index is 0.251. The Bertz CT molecular complexity index is 335. The van der Waals surface area contributed by atoms with E-state index in [-0.39, 0.29) is 6.54 Å². The third-order valence-corrected chi connectivity index (χ3v) is 2.57. The van der Waals surface area contributed by atoms with Crippen LogP contribution >= 0.6 is 0 Å². The van der Waals surface area contributed by atoms with Gasteiger partial charge in [0.1, 0.15) is 0 Å². The summed E-state index contributed by atoms with van der Waals surface area (Å²) in [4.78, 5) is 9.86. The van der Waals surface area contributed by atoms with Gasteiger partial charge in [0.25, 0.3) is 0 Å². The molecule has 0 spiro atoms. The lowest BCUT2D eigenvalue weighted by atomic mass is 9.94. The first-order chi connectivity index (χ1) is 7.88. The van der Waals surface area contributed by atoms with Gasteiger partial charge in [-0.25, -0.2) is 0 Å². The van der Waals surface area contributed by atoms with Gasteiger partial charge in [0.15, 0.2) is 0 Å². The quantitative estimate of drug-likeness (QED) is 0.481. The van der Waals surface area contributed by atoms with Crippen molar-refractivity contribution >= 4 is 0 Å². The van der Waals surface area contributed by atoms with E-state index in [9.17, 15) is 4.91 Å². The maximum absolute atomic E-state index is 9.86. The fraction of sp³-hybridized carbons (Fsp3) is 0.429. The van der Waals surface area contributed by atoms with Crippen LogP contribution in [-0.2, 0) is 0 Å². The van der Waals surface area contributed by atoms with Crippen molar-refractivity contribution in [3.8, 4) is 0 Å². The second-order valence-electron chi connectivity index (χ2n) is 3.85. The van der Waals surface area contributed by atoms with Crippen molar-refractivity contribution in [1.29, 1.82) is 0 Å². The van der Waals surface area contributed by atoms with Crippen molar-refractivity contribution in [3.63, 3.8) is 0 Å². The van der Waals surface area contributed by atoms with Gasteiger partial charge in [-0.3, -0.25) is 0 Å². The summed E-state index contributed by atoms with van der Waals surface area (Å²) in [6.45, 7) is 2.46. The van der Waals surface area contributed by atoms with Crippen LogP contribution in [0.25, 0.3) is 0 Å². The summed E-state index contributed by atoms with van der Waals surface area (Å²) in [6, 6.07) is 0. The van der Waals surface area contributed by atoms with Crippen molar-refractivity contribution in [3.05, 3.63) is 52.5 Å². The van der Waals surface area contributed by atoms with E-state index in [1.807, 2.05) is 12.2 Å². The molecule has 0 fully saturated rings. The van der Waals surface area contributed by atoms with E-state index in [2.05, 4.69) is 30.3 Å². The second-order valence-corrected chi connectivity index (χ2v) is 3.85. The number of hydrogen-bond acceptors (Lipinski definition) is 2. The van der Waals surface area contributed by atoms with Crippen molar-refractivity contribution in [1.82, 2.24) is 0 Å². The van der Waals surface area contributed by atoms with E-state index in [4.69, 9.17) is 0 Å². The van der Waals surface area contributed by atoms with Crippen LogP contribution in [0.15, 0.2) is 52.8 Å². The molecule has 1 aliphatic rings. The molecule has 0 amide bonds. The highest BCUT2D eigenvalue weighted by Crippen LogP contribution is 2.23. The molecule has 0 saturated heterocycles. The van der Waals surface area contributed by atoms with Gasteiger partial charge < -0.3 is 0 Å². The van der Waals surface area contributed by atoms with Crippen LogP contribution in [0.4, 0.5) is 0 Å². The lowest BCUT2D eigenvalue weighted by Crippen LogP contribution is -1.92. The number of nitroso groups, excluding NO2 is 1. The summed E-state index contributed by atoms with van der Waals surface area (Å²) in [5.74, 6) is 0.